The molecule has 0 heterocycles. The van der Waals surface area contributed by atoms with E-state index in [4.69, 9.17) is 0 Å². The zero-order valence-electron chi connectivity index (χ0n) is 38.4. The normalized spacial score (nSPS) is 17.7. The largest absolute Gasteiger partial charge is 0.334 e. The van der Waals surface area contributed by atoms with Crippen molar-refractivity contribution in [3.63, 3.8) is 0 Å². The summed E-state index contributed by atoms with van der Waals surface area (Å²) in [6.45, 7) is 3.75. The summed E-state index contributed by atoms with van der Waals surface area (Å²) in [7, 11) is 0. The summed E-state index contributed by atoms with van der Waals surface area (Å²) in [6.07, 6.45) is 34.2. The van der Waals surface area contributed by atoms with E-state index in [0.717, 1.165) is 41.9 Å². The van der Waals surface area contributed by atoms with Gasteiger partial charge in [0, 0.05) is 40.3 Å². The summed E-state index contributed by atoms with van der Waals surface area (Å²) in [5.74, 6) is 0.602. The lowest BCUT2D eigenvalue weighted by Crippen LogP contribution is -2.30. The van der Waals surface area contributed by atoms with Gasteiger partial charge in [0.15, 0.2) is 0 Å². The zero-order chi connectivity index (χ0) is 45.9. The molecule has 0 amide bonds. The smallest absolute Gasteiger partial charge is 0.0560 e. The molecule has 3 aliphatic rings. The molecule has 0 spiro atoms. The highest BCUT2D eigenvalue weighted by molar-refractivity contribution is 5.79. The van der Waals surface area contributed by atoms with E-state index in [1.165, 1.54) is 55.9 Å². The van der Waals surface area contributed by atoms with Gasteiger partial charge in [-0.3, -0.25) is 0 Å². The lowest BCUT2D eigenvalue weighted by atomic mass is 9.83. The number of anilines is 5. The van der Waals surface area contributed by atoms with Crippen molar-refractivity contribution in [2.45, 2.75) is 37.1 Å². The molecule has 0 saturated heterocycles. The third-order valence-corrected chi connectivity index (χ3v) is 13.2. The molecular weight excluding hydrogens is 821 g/mol. The molecule has 2 heteroatoms. The van der Waals surface area contributed by atoms with Crippen molar-refractivity contribution < 1.29 is 0 Å². The quantitative estimate of drug-likeness (QED) is 0.100. The third-order valence-electron chi connectivity index (χ3n) is 13.2. The molecule has 0 N–H and O–H groups in total. The molecule has 3 aliphatic carbocycles. The molecule has 10 rings (SSSR count). The average molecular weight is 877 g/mol. The van der Waals surface area contributed by atoms with Crippen LogP contribution in [0.25, 0.3) is 22.8 Å². The Bertz CT molecular complexity index is 3070. The van der Waals surface area contributed by atoms with Crippen LogP contribution in [0.5, 0.6) is 0 Å². The van der Waals surface area contributed by atoms with Gasteiger partial charge < -0.3 is 9.80 Å². The minimum absolute atomic E-state index is 0.203. The lowest BCUT2D eigenvalue weighted by molar-refractivity contribution is 0.779. The van der Waals surface area contributed by atoms with Crippen LogP contribution in [0.3, 0.4) is 0 Å². The Labute approximate surface area is 403 Å². The summed E-state index contributed by atoms with van der Waals surface area (Å²) in [6, 6.07) is 68.3. The fourth-order valence-electron chi connectivity index (χ4n) is 9.68. The first-order chi connectivity index (χ1) is 33.7. The van der Waals surface area contributed by atoms with Crippen molar-refractivity contribution in [3.05, 3.63) is 307 Å². The Morgan fingerprint density at radius 2 is 0.985 bits per heavy atom. The van der Waals surface area contributed by atoms with E-state index in [1.807, 2.05) is 18.2 Å². The van der Waals surface area contributed by atoms with Crippen molar-refractivity contribution in [1.82, 2.24) is 0 Å². The topological polar surface area (TPSA) is 6.48 Å². The standard InChI is InChI=1S/C66H56N2/c1-2-3-4-8-18-50-31-39-63(40-32-50)67(61-27-11-6-12-28-61)65-43-35-53(36-44-65)55-21-15-23-57(47-55)59-25-17-26-60(49-59)58-24-16-22-56(48-58)54-37-45-66(46-38-54)68(62-29-13-7-14-30-62)64-41-33-52(34-42-64)51-19-9-5-10-20-51/h2-20,22-23,25-45,47-49,55,58,66H,1,21,24,46H2/b4-3-,18-8+/t55?,58?,66-/m1/s1. The SMILES string of the molecule is C=C/C=C\C=C\c1ccc(N(c2ccccc2)c2ccc(C3C=C(c4cccc(C5C=C(C6=CC[C@H](N(c7ccccc7)c7ccc(-c8ccccc8)cc7)C=C6)C=CC5)c4)C=CC3)cc2)cc1. The fourth-order valence-corrected chi connectivity index (χ4v) is 9.68. The first-order valence-corrected chi connectivity index (χ1v) is 23.9. The van der Waals surface area contributed by atoms with Crippen molar-refractivity contribution in [3.8, 4) is 11.1 Å². The molecule has 7 aromatic rings. The highest BCUT2D eigenvalue weighted by Crippen LogP contribution is 2.40. The van der Waals surface area contributed by atoms with E-state index in [0.29, 0.717) is 11.8 Å². The van der Waals surface area contributed by atoms with Gasteiger partial charge in [0.25, 0.3) is 0 Å². The molecule has 330 valence electrons. The first kappa shape index (κ1) is 43.7. The molecule has 0 radical (unpaired) electrons. The van der Waals surface area contributed by atoms with Crippen molar-refractivity contribution in [2.75, 3.05) is 9.80 Å². The molecule has 68 heavy (non-hydrogen) atoms. The zero-order valence-corrected chi connectivity index (χ0v) is 38.4. The Morgan fingerprint density at radius 1 is 0.426 bits per heavy atom. The predicted octanol–water partition coefficient (Wildman–Crippen LogP) is 17.8. The number of para-hydroxylation sites is 2. The van der Waals surface area contributed by atoms with Crippen molar-refractivity contribution in [1.29, 1.82) is 0 Å². The van der Waals surface area contributed by atoms with Crippen LogP contribution in [0, 0.1) is 0 Å². The summed E-state index contributed by atoms with van der Waals surface area (Å²) in [5.41, 5.74) is 17.2. The number of rotatable bonds is 14. The van der Waals surface area contributed by atoms with Gasteiger partial charge in [0.05, 0.1) is 6.04 Å². The highest BCUT2D eigenvalue weighted by Gasteiger charge is 2.23. The van der Waals surface area contributed by atoms with Crippen LogP contribution >= 0.6 is 0 Å². The average Bonchev–Trinajstić information content (AvgIpc) is 3.42. The molecule has 7 aromatic carbocycles. The molecule has 0 bridgehead atoms. The minimum atomic E-state index is 0.203. The molecule has 0 fully saturated rings. The molecule has 2 nitrogen and oxygen atoms in total. The Kier molecular flexibility index (Phi) is 13.5. The van der Waals surface area contributed by atoms with Gasteiger partial charge in [-0.25, -0.2) is 0 Å². The molecule has 0 saturated carbocycles. The van der Waals surface area contributed by atoms with Crippen LogP contribution < -0.4 is 9.80 Å². The van der Waals surface area contributed by atoms with Gasteiger partial charge >= 0.3 is 0 Å². The van der Waals surface area contributed by atoms with Crippen LogP contribution in [0.2, 0.25) is 0 Å². The number of hydrogen-bond acceptors (Lipinski definition) is 2. The maximum Gasteiger partial charge on any atom is 0.0560 e. The van der Waals surface area contributed by atoms with Gasteiger partial charge in [0.2, 0.25) is 0 Å². The summed E-state index contributed by atoms with van der Waals surface area (Å²) in [5, 5.41) is 0. The Balaban J connectivity index is 0.838. The molecule has 2 unspecified atom stereocenters. The van der Waals surface area contributed by atoms with Crippen LogP contribution in [-0.4, -0.2) is 6.04 Å². The number of nitrogens with zero attached hydrogens (tertiary/aromatic N) is 2. The monoisotopic (exact) mass is 876 g/mol. The minimum Gasteiger partial charge on any atom is -0.334 e. The number of hydrogen-bond donors (Lipinski definition) is 0. The Hall–Kier alpha value is -8.20. The second-order valence-electron chi connectivity index (χ2n) is 17.6. The van der Waals surface area contributed by atoms with E-state index in [1.54, 1.807) is 6.08 Å². The second-order valence-corrected chi connectivity index (χ2v) is 17.6. The summed E-state index contributed by atoms with van der Waals surface area (Å²) < 4.78 is 0. The number of benzene rings is 7. The molecule has 0 aromatic heterocycles. The van der Waals surface area contributed by atoms with Crippen LogP contribution in [-0.2, 0) is 0 Å². The van der Waals surface area contributed by atoms with E-state index in [-0.39, 0.29) is 6.04 Å². The summed E-state index contributed by atoms with van der Waals surface area (Å²) >= 11 is 0. The second kappa shape index (κ2) is 21.0. The van der Waals surface area contributed by atoms with Gasteiger partial charge in [-0.2, -0.15) is 0 Å². The van der Waals surface area contributed by atoms with Crippen molar-refractivity contribution >= 4 is 40.1 Å². The molecule has 0 aliphatic heterocycles. The molecular formula is C66H56N2. The van der Waals surface area contributed by atoms with Crippen LogP contribution in [0.1, 0.15) is 53.4 Å². The van der Waals surface area contributed by atoms with Gasteiger partial charge in [-0.1, -0.05) is 219 Å². The van der Waals surface area contributed by atoms with Gasteiger partial charge in [-0.05, 0) is 130 Å². The van der Waals surface area contributed by atoms with E-state index in [2.05, 4.69) is 265 Å². The van der Waals surface area contributed by atoms with E-state index < -0.39 is 0 Å². The van der Waals surface area contributed by atoms with Crippen LogP contribution in [0.4, 0.5) is 28.4 Å². The van der Waals surface area contributed by atoms with E-state index in [9.17, 15) is 0 Å². The van der Waals surface area contributed by atoms with Crippen molar-refractivity contribution in [2.24, 2.45) is 0 Å². The van der Waals surface area contributed by atoms with E-state index >= 15 is 0 Å². The first-order valence-electron chi connectivity index (χ1n) is 23.9. The Morgan fingerprint density at radius 3 is 1.66 bits per heavy atom. The fraction of sp³-hybridized carbons (Fsp3) is 0.0909. The van der Waals surface area contributed by atoms with Crippen LogP contribution in [0.15, 0.2) is 285 Å². The predicted molar refractivity (Wildman–Crippen MR) is 291 cm³/mol. The lowest BCUT2D eigenvalue weighted by Gasteiger charge is -2.33. The maximum absolute atomic E-state index is 3.75. The maximum atomic E-state index is 3.75. The van der Waals surface area contributed by atoms with Gasteiger partial charge in [-0.15, -0.1) is 0 Å². The third kappa shape index (κ3) is 10.1. The van der Waals surface area contributed by atoms with Gasteiger partial charge in [0.1, 0.15) is 0 Å². The highest BCUT2D eigenvalue weighted by atomic mass is 15.2. The summed E-state index contributed by atoms with van der Waals surface area (Å²) in [4.78, 5) is 4.80. The molecule has 3 atom stereocenters. The number of allylic oxidation sites excluding steroid dienone is 14.